The van der Waals surface area contributed by atoms with E-state index in [2.05, 4.69) is 73.1 Å². The Bertz CT molecular complexity index is 2900. The van der Waals surface area contributed by atoms with Crippen molar-refractivity contribution < 1.29 is 36.7 Å². The van der Waals surface area contributed by atoms with Gasteiger partial charge in [0.1, 0.15) is 28.9 Å². The smallest absolute Gasteiger partial charge is 0.387 e. The Labute approximate surface area is 412 Å². The van der Waals surface area contributed by atoms with Crippen LogP contribution in [0.25, 0.3) is 34.4 Å². The molecule has 0 unspecified atom stereocenters. The first kappa shape index (κ1) is 53.5. The Morgan fingerprint density at radius 1 is 0.826 bits per heavy atom. The molecular formula is C42H46Br2F2N14O8S. The number of benzene rings is 2. The second kappa shape index (κ2) is 26.3. The molecule has 366 valence electrons. The van der Waals surface area contributed by atoms with Gasteiger partial charge in [-0.15, -0.1) is 0 Å². The van der Waals surface area contributed by atoms with Crippen molar-refractivity contribution in [1.29, 1.82) is 10.7 Å². The van der Waals surface area contributed by atoms with Crippen molar-refractivity contribution in [3.63, 3.8) is 0 Å². The monoisotopic (exact) mass is 1100 g/mol. The van der Waals surface area contributed by atoms with Crippen LogP contribution in [0.2, 0.25) is 0 Å². The fourth-order valence-corrected chi connectivity index (χ4v) is 6.96. The molecule has 0 bridgehead atoms. The molecule has 2 saturated carbocycles. The summed E-state index contributed by atoms with van der Waals surface area (Å²) in [7, 11) is 0. The standard InChI is InChI=1S/C20H20BrFN6O4.C14H13BrFN5O3.C6H10N2OS.C2H3N/c21-13-10-12(8-9-14(13)22)28-18(27-31-20(28)30)17-15(25-32-26-17)4-2-1-3-5-16(23)24-19(29)11-6-7-11;15-9-7-8(4-5-10(9)16)21-13(20-23-14(21)22)12-11(18-24-19-12)3-1-2-6-17;1-10-6(7)8-5(9)4-2-3-4;1-2-3/h8-11H,1-7H2,(H2,23,24,29);4-5,7H,1-3,6,17H2;4H,2-3H2,1H3,(H2,7,8,9);1H3. The number of halogens is 4. The average molecular weight is 1100 g/mol. The number of nitriles is 1. The molecule has 69 heavy (non-hydrogen) atoms. The van der Waals surface area contributed by atoms with Crippen LogP contribution in [0.1, 0.15) is 82.5 Å². The minimum atomic E-state index is -0.747. The molecule has 2 amide bonds. The maximum Gasteiger partial charge on any atom is 0.446 e. The Hall–Kier alpha value is -6.50. The van der Waals surface area contributed by atoms with Crippen molar-refractivity contribution in [3.8, 4) is 40.5 Å². The molecule has 22 nitrogen and oxygen atoms in total. The van der Waals surface area contributed by atoms with Crippen molar-refractivity contribution in [3.05, 3.63) is 89.5 Å². The van der Waals surface area contributed by atoms with Crippen LogP contribution >= 0.6 is 43.6 Å². The van der Waals surface area contributed by atoms with Crippen LogP contribution < -0.4 is 28.3 Å². The predicted octanol–water partition coefficient (Wildman–Crippen LogP) is 6.57. The fraction of sp³-hybridized carbons (Fsp3) is 0.405. The molecule has 0 saturated heterocycles. The summed E-state index contributed by atoms with van der Waals surface area (Å²) in [5.74, 6) is -1.61. The number of aryl methyl sites for hydroxylation is 2. The molecule has 4 aromatic heterocycles. The second-order valence-corrected chi connectivity index (χ2v) is 17.6. The third-order valence-electron chi connectivity index (χ3n) is 9.85. The van der Waals surface area contributed by atoms with Gasteiger partial charge in [0.15, 0.2) is 16.6 Å². The number of nitrogens with two attached hydrogens (primary N) is 2. The highest BCUT2D eigenvalue weighted by atomic mass is 79.9. The van der Waals surface area contributed by atoms with Gasteiger partial charge in [0, 0.05) is 25.2 Å². The zero-order valence-corrected chi connectivity index (χ0v) is 41.1. The first-order chi connectivity index (χ1) is 33.2. The van der Waals surface area contributed by atoms with Gasteiger partial charge >= 0.3 is 11.5 Å². The highest BCUT2D eigenvalue weighted by Crippen LogP contribution is 2.31. The summed E-state index contributed by atoms with van der Waals surface area (Å²) in [6.45, 7) is 2.00. The molecule has 2 aromatic carbocycles. The highest BCUT2D eigenvalue weighted by molar-refractivity contribution is 9.10. The van der Waals surface area contributed by atoms with Crippen molar-refractivity contribution in [2.45, 2.75) is 84.0 Å². The Morgan fingerprint density at radius 3 is 1.74 bits per heavy atom. The zero-order valence-electron chi connectivity index (χ0n) is 37.1. The summed E-state index contributed by atoms with van der Waals surface area (Å²) in [6, 6.07) is 9.94. The quantitative estimate of drug-likeness (QED) is 0.0452. The molecular weight excluding hydrogens is 1060 g/mol. The van der Waals surface area contributed by atoms with Crippen LogP contribution in [0.15, 0.2) is 78.2 Å². The summed E-state index contributed by atoms with van der Waals surface area (Å²) >= 11 is 7.44. The molecule has 6 aromatic rings. The minimum Gasteiger partial charge on any atom is -0.387 e. The number of nitrogens with one attached hydrogen (secondary N) is 2. The summed E-state index contributed by atoms with van der Waals surface area (Å²) in [6.07, 6.45) is 11.2. The first-order valence-electron chi connectivity index (χ1n) is 21.2. The number of amides is 2. The van der Waals surface area contributed by atoms with E-state index in [1.54, 1.807) is 12.3 Å². The van der Waals surface area contributed by atoms with Gasteiger partial charge in [-0.1, -0.05) is 38.8 Å². The van der Waals surface area contributed by atoms with Crippen molar-refractivity contribution >= 4 is 66.4 Å². The van der Waals surface area contributed by atoms with E-state index >= 15 is 0 Å². The van der Waals surface area contributed by atoms with Crippen LogP contribution in [0.4, 0.5) is 8.78 Å². The largest absolute Gasteiger partial charge is 0.446 e. The molecule has 4 heterocycles. The van der Waals surface area contributed by atoms with Gasteiger partial charge in [0.05, 0.1) is 26.4 Å². The number of carbonyl (C=O) groups is 2. The number of nitrogens with zero attached hydrogens (tertiary/aromatic N) is 10. The van der Waals surface area contributed by atoms with Crippen LogP contribution in [0, 0.1) is 40.2 Å². The predicted molar refractivity (Wildman–Crippen MR) is 253 cm³/mol. The lowest BCUT2D eigenvalue weighted by Crippen LogP contribution is -2.28. The summed E-state index contributed by atoms with van der Waals surface area (Å²) in [5, 5.41) is 40.2. The molecule has 27 heteroatoms. The third-order valence-corrected chi connectivity index (χ3v) is 11.6. The molecule has 0 aliphatic heterocycles. The van der Waals surface area contributed by atoms with E-state index in [9.17, 15) is 28.0 Å². The van der Waals surface area contributed by atoms with E-state index in [1.807, 2.05) is 0 Å². The highest BCUT2D eigenvalue weighted by Gasteiger charge is 2.30. The fourth-order valence-electron chi connectivity index (χ4n) is 6.03. The van der Waals surface area contributed by atoms with E-state index in [0.717, 1.165) is 57.8 Å². The number of hydrogen-bond acceptors (Lipinski definition) is 18. The second-order valence-electron chi connectivity index (χ2n) is 15.1. The van der Waals surface area contributed by atoms with Gasteiger partial charge in [0.2, 0.25) is 23.5 Å². The SMILES string of the molecule is CC#N.CSC(=N)NC(=O)C1CC1.NC(CCCCCc1nonc1-c1noc(=O)n1-c1ccc(F)c(Br)c1)=NC(=O)C1CC1.NCCCCc1nonc1-c1noc(=O)n1-c1ccc(F)c(Br)c1. The van der Waals surface area contributed by atoms with E-state index in [0.29, 0.717) is 60.1 Å². The van der Waals surface area contributed by atoms with E-state index in [4.69, 9.17) is 40.4 Å². The summed E-state index contributed by atoms with van der Waals surface area (Å²) < 4.78 is 49.0. The van der Waals surface area contributed by atoms with Crippen molar-refractivity contribution in [1.82, 2.24) is 45.4 Å². The molecule has 0 atom stereocenters. The molecule has 8 rings (SSSR count). The summed E-state index contributed by atoms with van der Waals surface area (Å²) in [5.41, 5.74) is 13.7. The van der Waals surface area contributed by atoms with Crippen LogP contribution in [-0.4, -0.2) is 75.7 Å². The Balaban J connectivity index is 0.000000210. The molecule has 2 fully saturated rings. The molecule has 2 aliphatic carbocycles. The first-order valence-corrected chi connectivity index (χ1v) is 24.0. The lowest BCUT2D eigenvalue weighted by molar-refractivity contribution is -0.121. The number of carbonyl (C=O) groups excluding carboxylic acids is 2. The van der Waals surface area contributed by atoms with Gasteiger partial charge in [0.25, 0.3) is 0 Å². The zero-order chi connectivity index (χ0) is 50.0. The number of aromatic nitrogens is 8. The average Bonchev–Trinajstić information content (AvgIpc) is 4.19. The van der Waals surface area contributed by atoms with E-state index < -0.39 is 23.1 Å². The van der Waals surface area contributed by atoms with E-state index in [1.165, 1.54) is 64.2 Å². The van der Waals surface area contributed by atoms with Crippen molar-refractivity contribution in [2.75, 3.05) is 12.8 Å². The molecule has 6 N–H and O–H groups in total. The van der Waals surface area contributed by atoms with E-state index in [-0.39, 0.29) is 55.1 Å². The number of thioether (sulfide) groups is 1. The van der Waals surface area contributed by atoms with Gasteiger partial charge < -0.3 is 16.8 Å². The maximum atomic E-state index is 13.6. The normalized spacial score (nSPS) is 12.9. The number of hydrogen-bond donors (Lipinski definition) is 4. The van der Waals surface area contributed by atoms with Crippen LogP contribution in [0.3, 0.4) is 0 Å². The van der Waals surface area contributed by atoms with Crippen LogP contribution in [-0.2, 0) is 22.4 Å². The van der Waals surface area contributed by atoms with Gasteiger partial charge in [-0.3, -0.25) is 24.0 Å². The molecule has 2 aliphatic rings. The third kappa shape index (κ3) is 15.5. The molecule has 0 radical (unpaired) electrons. The number of aliphatic imine (C=N–C) groups is 1. The van der Waals surface area contributed by atoms with Crippen molar-refractivity contribution in [2.24, 2.45) is 28.3 Å². The van der Waals surface area contributed by atoms with Crippen LogP contribution in [0.5, 0.6) is 0 Å². The number of rotatable bonds is 16. The van der Waals surface area contributed by atoms with Gasteiger partial charge in [-0.2, -0.15) is 5.26 Å². The number of amidine groups is 2. The minimum absolute atomic E-state index is 0.0133. The number of unbranched alkanes of at least 4 members (excludes halogenated alkanes) is 3. The maximum absolute atomic E-state index is 13.6. The Morgan fingerprint density at radius 2 is 1.30 bits per heavy atom. The van der Waals surface area contributed by atoms with Gasteiger partial charge in [-0.05, 0) is 156 Å². The lowest BCUT2D eigenvalue weighted by atomic mass is 10.1. The Kier molecular flexibility index (Phi) is 20.4. The topological polar surface area (TPSA) is 332 Å². The molecule has 0 spiro atoms. The van der Waals surface area contributed by atoms with Gasteiger partial charge in [-0.25, -0.2) is 41.8 Å². The summed E-state index contributed by atoms with van der Waals surface area (Å²) in [4.78, 5) is 50.7. The lowest BCUT2D eigenvalue weighted by Gasteiger charge is -2.05.